The number of rotatable bonds is 3. The molecule has 0 aromatic heterocycles. The number of nitrogens with zero attached hydrogens (tertiary/aromatic N) is 1. The minimum Gasteiger partial charge on any atom is -0.366 e. The Morgan fingerprint density at radius 1 is 1.10 bits per heavy atom. The standard InChI is InChI=1S/C18H15NO2/c1-2-12-18(21)16-11-7-6-10-15(16)17(20)19(18)13-14-8-4-3-5-9-14/h1,3-11,21H,12-13H2. The fourth-order valence-electron chi connectivity index (χ4n) is 2.78. The van der Waals surface area contributed by atoms with Crippen LogP contribution >= 0.6 is 0 Å². The smallest absolute Gasteiger partial charge is 0.257 e. The zero-order chi connectivity index (χ0) is 14.9. The Bertz CT molecular complexity index is 717. The van der Waals surface area contributed by atoms with E-state index in [1.807, 2.05) is 30.3 Å². The van der Waals surface area contributed by atoms with E-state index in [4.69, 9.17) is 6.42 Å². The molecular formula is C18H15NO2. The van der Waals surface area contributed by atoms with Crippen LogP contribution in [0.25, 0.3) is 0 Å². The van der Waals surface area contributed by atoms with Gasteiger partial charge in [0.25, 0.3) is 5.91 Å². The molecule has 0 saturated heterocycles. The van der Waals surface area contributed by atoms with Gasteiger partial charge in [0.2, 0.25) is 0 Å². The highest BCUT2D eigenvalue weighted by molar-refractivity contribution is 5.99. The fourth-order valence-corrected chi connectivity index (χ4v) is 2.78. The Hall–Kier alpha value is -2.57. The SMILES string of the molecule is C#CCC1(O)c2ccccc2C(=O)N1Cc1ccccc1. The molecule has 0 bridgehead atoms. The third-order valence-corrected chi connectivity index (χ3v) is 3.81. The average Bonchev–Trinajstić information content (AvgIpc) is 2.72. The van der Waals surface area contributed by atoms with Crippen LogP contribution in [0.1, 0.15) is 27.9 Å². The number of benzene rings is 2. The van der Waals surface area contributed by atoms with Crippen molar-refractivity contribution in [3.8, 4) is 12.3 Å². The highest BCUT2D eigenvalue weighted by Gasteiger charge is 2.47. The molecule has 1 unspecified atom stereocenters. The molecule has 1 aliphatic rings. The number of fused-ring (bicyclic) bond motifs is 1. The average molecular weight is 277 g/mol. The summed E-state index contributed by atoms with van der Waals surface area (Å²) in [6.45, 7) is 0.326. The van der Waals surface area contributed by atoms with Crippen LogP contribution in [0.2, 0.25) is 0 Å². The summed E-state index contributed by atoms with van der Waals surface area (Å²) in [5.41, 5.74) is 0.627. The van der Waals surface area contributed by atoms with Crippen LogP contribution in [0.3, 0.4) is 0 Å². The lowest BCUT2D eigenvalue weighted by molar-refractivity contribution is -0.0842. The van der Waals surface area contributed by atoms with Crippen LogP contribution in [-0.4, -0.2) is 15.9 Å². The molecule has 0 spiro atoms. The minimum atomic E-state index is -1.43. The van der Waals surface area contributed by atoms with Gasteiger partial charge in [-0.3, -0.25) is 4.79 Å². The predicted molar refractivity (Wildman–Crippen MR) is 80.1 cm³/mol. The van der Waals surface area contributed by atoms with E-state index in [-0.39, 0.29) is 12.3 Å². The molecule has 21 heavy (non-hydrogen) atoms. The molecule has 0 aliphatic carbocycles. The molecule has 104 valence electrons. The molecule has 3 rings (SSSR count). The molecule has 1 aliphatic heterocycles. The summed E-state index contributed by atoms with van der Waals surface area (Å²) in [5.74, 6) is 2.30. The first-order valence-corrected chi connectivity index (χ1v) is 6.78. The van der Waals surface area contributed by atoms with Crippen LogP contribution in [-0.2, 0) is 12.3 Å². The lowest BCUT2D eigenvalue weighted by atomic mass is 9.98. The van der Waals surface area contributed by atoms with E-state index in [9.17, 15) is 9.90 Å². The van der Waals surface area contributed by atoms with Gasteiger partial charge < -0.3 is 10.0 Å². The quantitative estimate of drug-likeness (QED) is 0.876. The van der Waals surface area contributed by atoms with Crippen LogP contribution < -0.4 is 0 Å². The second-order valence-corrected chi connectivity index (χ2v) is 5.12. The molecule has 2 aromatic rings. The number of amides is 1. The summed E-state index contributed by atoms with van der Waals surface area (Å²) in [6.07, 6.45) is 5.48. The minimum absolute atomic E-state index is 0.0720. The second kappa shape index (κ2) is 5.08. The summed E-state index contributed by atoms with van der Waals surface area (Å²) in [6, 6.07) is 16.7. The fraction of sp³-hybridized carbons (Fsp3) is 0.167. The molecular weight excluding hydrogens is 262 g/mol. The van der Waals surface area contributed by atoms with E-state index in [1.54, 1.807) is 24.3 Å². The summed E-state index contributed by atoms with van der Waals surface area (Å²) < 4.78 is 0. The maximum absolute atomic E-state index is 12.6. The van der Waals surface area contributed by atoms with E-state index >= 15 is 0 Å². The van der Waals surface area contributed by atoms with Gasteiger partial charge in [0.15, 0.2) is 5.72 Å². The molecule has 1 atom stereocenters. The van der Waals surface area contributed by atoms with E-state index in [1.165, 1.54) is 4.90 Å². The summed E-state index contributed by atoms with van der Waals surface area (Å²) >= 11 is 0. The van der Waals surface area contributed by atoms with Crippen molar-refractivity contribution in [3.63, 3.8) is 0 Å². The number of hydrogen-bond acceptors (Lipinski definition) is 2. The van der Waals surface area contributed by atoms with Crippen LogP contribution in [0, 0.1) is 12.3 Å². The number of terminal acetylenes is 1. The number of carbonyl (C=O) groups is 1. The molecule has 1 heterocycles. The summed E-state index contributed by atoms with van der Waals surface area (Å²) in [7, 11) is 0. The Morgan fingerprint density at radius 2 is 1.76 bits per heavy atom. The van der Waals surface area contributed by atoms with Gasteiger partial charge in [-0.2, -0.15) is 0 Å². The van der Waals surface area contributed by atoms with E-state index in [0.717, 1.165) is 5.56 Å². The normalized spacial score (nSPS) is 20.2. The van der Waals surface area contributed by atoms with Crippen molar-refractivity contribution in [1.82, 2.24) is 4.90 Å². The topological polar surface area (TPSA) is 40.5 Å². The van der Waals surface area contributed by atoms with Crippen LogP contribution in [0.5, 0.6) is 0 Å². The number of aliphatic hydroxyl groups is 1. The number of hydrogen-bond donors (Lipinski definition) is 1. The first-order chi connectivity index (χ1) is 10.2. The molecule has 1 N–H and O–H groups in total. The monoisotopic (exact) mass is 277 g/mol. The van der Waals surface area contributed by atoms with Gasteiger partial charge in [-0.25, -0.2) is 0 Å². The van der Waals surface area contributed by atoms with Crippen molar-refractivity contribution < 1.29 is 9.90 Å². The van der Waals surface area contributed by atoms with E-state index in [0.29, 0.717) is 17.7 Å². The van der Waals surface area contributed by atoms with Crippen LogP contribution in [0.4, 0.5) is 0 Å². The molecule has 0 radical (unpaired) electrons. The Morgan fingerprint density at radius 3 is 2.48 bits per heavy atom. The maximum Gasteiger partial charge on any atom is 0.257 e. The third kappa shape index (κ3) is 2.10. The van der Waals surface area contributed by atoms with Gasteiger partial charge in [-0.15, -0.1) is 12.3 Å². The summed E-state index contributed by atoms with van der Waals surface area (Å²) in [4.78, 5) is 14.0. The van der Waals surface area contributed by atoms with Crippen molar-refractivity contribution in [1.29, 1.82) is 0 Å². The van der Waals surface area contributed by atoms with Gasteiger partial charge in [-0.05, 0) is 11.6 Å². The highest BCUT2D eigenvalue weighted by atomic mass is 16.3. The largest absolute Gasteiger partial charge is 0.366 e. The predicted octanol–water partition coefficient (Wildman–Crippen LogP) is 2.51. The molecule has 3 heteroatoms. The molecule has 0 fully saturated rings. The maximum atomic E-state index is 12.6. The summed E-state index contributed by atoms with van der Waals surface area (Å²) in [5, 5.41) is 11.0. The lowest BCUT2D eigenvalue weighted by Gasteiger charge is -2.33. The van der Waals surface area contributed by atoms with Gasteiger partial charge in [0.05, 0.1) is 6.42 Å². The number of carbonyl (C=O) groups excluding carboxylic acids is 1. The van der Waals surface area contributed by atoms with Gasteiger partial charge in [0, 0.05) is 17.7 Å². The van der Waals surface area contributed by atoms with Gasteiger partial charge >= 0.3 is 0 Å². The van der Waals surface area contributed by atoms with Crippen molar-refractivity contribution in [2.75, 3.05) is 0 Å². The van der Waals surface area contributed by atoms with E-state index < -0.39 is 5.72 Å². The zero-order valence-electron chi connectivity index (χ0n) is 11.5. The molecule has 1 amide bonds. The Balaban J connectivity index is 2.04. The highest BCUT2D eigenvalue weighted by Crippen LogP contribution is 2.40. The second-order valence-electron chi connectivity index (χ2n) is 5.12. The molecule has 3 nitrogen and oxygen atoms in total. The van der Waals surface area contributed by atoms with Crippen molar-refractivity contribution in [2.24, 2.45) is 0 Å². The van der Waals surface area contributed by atoms with Gasteiger partial charge in [0.1, 0.15) is 0 Å². The first kappa shape index (κ1) is 13.4. The van der Waals surface area contributed by atoms with Crippen molar-refractivity contribution in [3.05, 3.63) is 71.3 Å². The Labute approximate surface area is 123 Å². The first-order valence-electron chi connectivity index (χ1n) is 6.78. The van der Waals surface area contributed by atoms with Crippen molar-refractivity contribution >= 4 is 5.91 Å². The van der Waals surface area contributed by atoms with Gasteiger partial charge in [-0.1, -0.05) is 48.5 Å². The molecule has 2 aromatic carbocycles. The Kier molecular flexibility index (Phi) is 3.25. The van der Waals surface area contributed by atoms with Crippen LogP contribution in [0.15, 0.2) is 54.6 Å². The van der Waals surface area contributed by atoms with Crippen molar-refractivity contribution in [2.45, 2.75) is 18.7 Å². The van der Waals surface area contributed by atoms with E-state index in [2.05, 4.69) is 5.92 Å². The lowest BCUT2D eigenvalue weighted by Crippen LogP contribution is -2.43. The third-order valence-electron chi connectivity index (χ3n) is 3.81. The molecule has 0 saturated carbocycles. The zero-order valence-corrected chi connectivity index (χ0v) is 11.5.